The van der Waals surface area contributed by atoms with Crippen molar-refractivity contribution in [1.29, 1.82) is 0 Å². The first kappa shape index (κ1) is 13.5. The Bertz CT molecular complexity index is 547. The molecular weight excluding hydrogens is 256 g/mol. The Hall–Kier alpha value is -2.88. The minimum atomic E-state index is -0.638. The van der Waals surface area contributed by atoms with E-state index in [2.05, 4.69) is 0 Å². The number of hydrogen-bond donors (Lipinski definition) is 0. The number of para-hydroxylation sites is 2. The van der Waals surface area contributed by atoms with Gasteiger partial charge in [0.25, 0.3) is 0 Å². The van der Waals surface area contributed by atoms with Crippen LogP contribution in [0.4, 0.5) is 0 Å². The lowest BCUT2D eigenvalue weighted by Crippen LogP contribution is -2.08. The maximum absolute atomic E-state index is 11.5. The number of hydrogen-bond acceptors (Lipinski definition) is 4. The van der Waals surface area contributed by atoms with Crippen molar-refractivity contribution in [2.24, 2.45) is 0 Å². The second kappa shape index (κ2) is 6.89. The summed E-state index contributed by atoms with van der Waals surface area (Å²) in [6.45, 7) is 0. The summed E-state index contributed by atoms with van der Waals surface area (Å²) in [5.41, 5.74) is 0. The molecule has 0 aromatic heterocycles. The van der Waals surface area contributed by atoms with Crippen LogP contribution in [-0.4, -0.2) is 11.9 Å². The van der Waals surface area contributed by atoms with Crippen molar-refractivity contribution >= 4 is 11.9 Å². The highest BCUT2D eigenvalue weighted by Gasteiger charge is 2.03. The van der Waals surface area contributed by atoms with Crippen LogP contribution in [0.1, 0.15) is 0 Å². The van der Waals surface area contributed by atoms with Crippen molar-refractivity contribution in [1.82, 2.24) is 0 Å². The van der Waals surface area contributed by atoms with Crippen molar-refractivity contribution in [2.45, 2.75) is 0 Å². The first-order valence-corrected chi connectivity index (χ1v) is 5.96. The number of benzene rings is 2. The van der Waals surface area contributed by atoms with Crippen LogP contribution < -0.4 is 9.47 Å². The fourth-order valence-corrected chi connectivity index (χ4v) is 1.41. The molecule has 0 saturated heterocycles. The van der Waals surface area contributed by atoms with Gasteiger partial charge in [-0.3, -0.25) is 0 Å². The molecule has 0 aliphatic heterocycles. The van der Waals surface area contributed by atoms with Gasteiger partial charge in [0.2, 0.25) is 0 Å². The summed E-state index contributed by atoms with van der Waals surface area (Å²) in [6.07, 6.45) is 2.05. The van der Waals surface area contributed by atoms with Crippen molar-refractivity contribution < 1.29 is 19.1 Å². The van der Waals surface area contributed by atoms with Gasteiger partial charge >= 0.3 is 11.9 Å². The van der Waals surface area contributed by atoms with E-state index < -0.39 is 11.9 Å². The highest BCUT2D eigenvalue weighted by molar-refractivity contribution is 5.93. The standard InChI is InChI=1S/C16H12O4/c17-15(19-13-7-3-1-4-8-13)11-12-16(18)20-14-9-5-2-6-10-14/h1-12H/b12-11-. The number of ether oxygens (including phenoxy) is 2. The van der Waals surface area contributed by atoms with Gasteiger partial charge in [0.15, 0.2) is 0 Å². The maximum atomic E-state index is 11.5. The predicted molar refractivity (Wildman–Crippen MR) is 73.3 cm³/mol. The molecule has 0 N–H and O–H groups in total. The summed E-state index contributed by atoms with van der Waals surface area (Å²) < 4.78 is 9.96. The van der Waals surface area contributed by atoms with Gasteiger partial charge in [-0.25, -0.2) is 9.59 Å². The average molecular weight is 268 g/mol. The summed E-state index contributed by atoms with van der Waals surface area (Å²) in [5.74, 6) is -0.445. The van der Waals surface area contributed by atoms with E-state index in [9.17, 15) is 9.59 Å². The van der Waals surface area contributed by atoms with Crippen LogP contribution in [0.15, 0.2) is 72.8 Å². The Kier molecular flexibility index (Phi) is 4.67. The van der Waals surface area contributed by atoms with Gasteiger partial charge in [-0.2, -0.15) is 0 Å². The van der Waals surface area contributed by atoms with E-state index in [4.69, 9.17) is 9.47 Å². The van der Waals surface area contributed by atoms with Crippen LogP contribution in [0.5, 0.6) is 11.5 Å². The number of rotatable bonds is 4. The Labute approximate surface area is 116 Å². The molecule has 0 aliphatic carbocycles. The van der Waals surface area contributed by atoms with Gasteiger partial charge in [0, 0.05) is 12.2 Å². The van der Waals surface area contributed by atoms with Gasteiger partial charge < -0.3 is 9.47 Å². The molecule has 100 valence electrons. The fraction of sp³-hybridized carbons (Fsp3) is 0. The third kappa shape index (κ3) is 4.42. The molecule has 0 heterocycles. The first-order chi connectivity index (χ1) is 9.74. The molecule has 0 aliphatic rings. The van der Waals surface area contributed by atoms with E-state index in [1.807, 2.05) is 12.1 Å². The van der Waals surface area contributed by atoms with Gasteiger partial charge in [0.1, 0.15) is 11.5 Å². The van der Waals surface area contributed by atoms with E-state index >= 15 is 0 Å². The smallest absolute Gasteiger partial charge is 0.336 e. The van der Waals surface area contributed by atoms with Crippen molar-refractivity contribution in [3.05, 3.63) is 72.8 Å². The molecule has 0 spiro atoms. The second-order valence-electron chi connectivity index (χ2n) is 3.80. The van der Waals surface area contributed by atoms with Gasteiger partial charge in [0.05, 0.1) is 0 Å². The van der Waals surface area contributed by atoms with Crippen LogP contribution in [0.25, 0.3) is 0 Å². The van der Waals surface area contributed by atoms with E-state index in [0.29, 0.717) is 11.5 Å². The van der Waals surface area contributed by atoms with Crippen molar-refractivity contribution in [3.63, 3.8) is 0 Å². The number of esters is 2. The summed E-state index contributed by atoms with van der Waals surface area (Å²) in [6, 6.07) is 17.2. The highest BCUT2D eigenvalue weighted by Crippen LogP contribution is 2.10. The van der Waals surface area contributed by atoms with Crippen LogP contribution in [0.2, 0.25) is 0 Å². The molecule has 0 unspecified atom stereocenters. The molecule has 4 heteroatoms. The topological polar surface area (TPSA) is 52.6 Å². The molecule has 0 fully saturated rings. The monoisotopic (exact) mass is 268 g/mol. The third-order valence-electron chi connectivity index (χ3n) is 2.28. The summed E-state index contributed by atoms with van der Waals surface area (Å²) in [4.78, 5) is 22.9. The SMILES string of the molecule is O=C(/C=C\C(=O)Oc1ccccc1)Oc1ccccc1. The predicted octanol–water partition coefficient (Wildman–Crippen LogP) is 2.75. The van der Waals surface area contributed by atoms with Crippen LogP contribution in [0, 0.1) is 0 Å². The van der Waals surface area contributed by atoms with Gasteiger partial charge in [-0.15, -0.1) is 0 Å². The Morgan fingerprint density at radius 1 is 0.650 bits per heavy atom. The van der Waals surface area contributed by atoms with Crippen LogP contribution >= 0.6 is 0 Å². The summed E-state index contributed by atoms with van der Waals surface area (Å²) in [7, 11) is 0. The second-order valence-corrected chi connectivity index (χ2v) is 3.80. The summed E-state index contributed by atoms with van der Waals surface area (Å²) in [5, 5.41) is 0. The van der Waals surface area contributed by atoms with E-state index in [1.54, 1.807) is 48.5 Å². The number of carbonyl (C=O) groups is 2. The van der Waals surface area contributed by atoms with E-state index in [1.165, 1.54) is 0 Å². The molecule has 0 atom stereocenters. The minimum Gasteiger partial charge on any atom is -0.423 e. The zero-order valence-corrected chi connectivity index (χ0v) is 10.6. The van der Waals surface area contributed by atoms with Crippen LogP contribution in [0.3, 0.4) is 0 Å². The Morgan fingerprint density at radius 3 is 1.35 bits per heavy atom. The van der Waals surface area contributed by atoms with Crippen LogP contribution in [-0.2, 0) is 9.59 Å². The molecule has 2 aromatic carbocycles. The van der Waals surface area contributed by atoms with Gasteiger partial charge in [-0.1, -0.05) is 36.4 Å². The largest absolute Gasteiger partial charge is 0.423 e. The lowest BCUT2D eigenvalue weighted by atomic mass is 10.3. The fourth-order valence-electron chi connectivity index (χ4n) is 1.41. The molecular formula is C16H12O4. The lowest BCUT2D eigenvalue weighted by molar-refractivity contribution is -0.131. The van der Waals surface area contributed by atoms with Crippen molar-refractivity contribution in [3.8, 4) is 11.5 Å². The van der Waals surface area contributed by atoms with Crippen molar-refractivity contribution in [2.75, 3.05) is 0 Å². The number of carbonyl (C=O) groups excluding carboxylic acids is 2. The summed E-state index contributed by atoms with van der Waals surface area (Å²) >= 11 is 0. The lowest BCUT2D eigenvalue weighted by Gasteiger charge is -2.01. The molecule has 0 saturated carbocycles. The molecule has 0 bridgehead atoms. The third-order valence-corrected chi connectivity index (χ3v) is 2.28. The maximum Gasteiger partial charge on any atom is 0.336 e. The zero-order chi connectivity index (χ0) is 14.2. The molecule has 4 nitrogen and oxygen atoms in total. The Balaban J connectivity index is 1.86. The normalized spacial score (nSPS) is 10.2. The molecule has 0 radical (unpaired) electrons. The first-order valence-electron chi connectivity index (χ1n) is 5.96. The van der Waals surface area contributed by atoms with E-state index in [-0.39, 0.29) is 0 Å². The Morgan fingerprint density at radius 2 is 1.00 bits per heavy atom. The molecule has 2 rings (SSSR count). The molecule has 0 amide bonds. The minimum absolute atomic E-state index is 0.415. The molecule has 20 heavy (non-hydrogen) atoms. The highest BCUT2D eigenvalue weighted by atomic mass is 16.5. The zero-order valence-electron chi connectivity index (χ0n) is 10.6. The quantitative estimate of drug-likeness (QED) is 0.486. The average Bonchev–Trinajstić information content (AvgIpc) is 2.47. The molecule has 2 aromatic rings. The van der Waals surface area contributed by atoms with Gasteiger partial charge in [-0.05, 0) is 24.3 Å². The van der Waals surface area contributed by atoms with E-state index in [0.717, 1.165) is 12.2 Å².